The molecule has 1 heterocycles. The van der Waals surface area contributed by atoms with E-state index in [1.54, 1.807) is 0 Å². The van der Waals surface area contributed by atoms with Gasteiger partial charge in [-0.05, 0) is 10.8 Å². The summed E-state index contributed by atoms with van der Waals surface area (Å²) in [4.78, 5) is 11.1. The molecule has 0 aliphatic carbocycles. The van der Waals surface area contributed by atoms with Crippen molar-refractivity contribution in [1.82, 2.24) is 20.6 Å². The number of carbonyl (C=O) groups is 1. The Morgan fingerprint density at radius 1 is 1.42 bits per heavy atom. The van der Waals surface area contributed by atoms with Gasteiger partial charge in [-0.1, -0.05) is 24.3 Å². The molecule has 2 rings (SSSR count). The van der Waals surface area contributed by atoms with Crippen LogP contribution in [0.25, 0.3) is 11.4 Å². The van der Waals surface area contributed by atoms with Crippen LogP contribution in [0.5, 0.6) is 0 Å². The van der Waals surface area contributed by atoms with Crippen molar-refractivity contribution in [2.45, 2.75) is 18.9 Å². The summed E-state index contributed by atoms with van der Waals surface area (Å²) in [5.41, 5.74) is 5.96. The topological polar surface area (TPSA) is 108 Å². The van der Waals surface area contributed by atoms with Gasteiger partial charge in [-0.25, -0.2) is 0 Å². The lowest BCUT2D eigenvalue weighted by Crippen LogP contribution is -2.62. The van der Waals surface area contributed by atoms with Crippen molar-refractivity contribution >= 4 is 5.97 Å². The zero-order valence-corrected chi connectivity index (χ0v) is 10.7. The monoisotopic (exact) mass is 262 g/mol. The first-order chi connectivity index (χ1) is 9.19. The van der Waals surface area contributed by atoms with Crippen LogP contribution in [-0.2, 0) is 16.0 Å². The van der Waals surface area contributed by atoms with Gasteiger partial charge < -0.3 is 10.5 Å². The maximum atomic E-state index is 11.1. The standard InChI is InChI=1S/C12H15N5O2/c1-19-11(18)7-10(13)6-8-2-4-9(5-3-8)12-14-16-17-15-12/h2-5,10H,6-7,13H2,1H3,(H,14,15,16,17)/p+1/t10-/m0/s1. The highest BCUT2D eigenvalue weighted by molar-refractivity contribution is 5.69. The minimum Gasteiger partial charge on any atom is -0.469 e. The number of ether oxygens (including phenoxy) is 1. The Bertz CT molecular complexity index is 524. The molecule has 0 fully saturated rings. The van der Waals surface area contributed by atoms with Crippen LogP contribution >= 0.6 is 0 Å². The van der Waals surface area contributed by atoms with Crippen molar-refractivity contribution in [2.75, 3.05) is 7.11 Å². The highest BCUT2D eigenvalue weighted by Crippen LogP contribution is 2.14. The zero-order chi connectivity index (χ0) is 13.7. The zero-order valence-electron chi connectivity index (χ0n) is 10.7. The molecule has 0 saturated heterocycles. The van der Waals surface area contributed by atoms with Crippen LogP contribution < -0.4 is 5.73 Å². The Labute approximate surface area is 110 Å². The molecule has 0 radical (unpaired) electrons. The van der Waals surface area contributed by atoms with Crippen LogP contribution in [0.4, 0.5) is 0 Å². The van der Waals surface area contributed by atoms with E-state index in [0.29, 0.717) is 12.2 Å². The number of hydrogen-bond acceptors (Lipinski definition) is 5. The van der Waals surface area contributed by atoms with E-state index in [4.69, 9.17) is 0 Å². The van der Waals surface area contributed by atoms with Crippen molar-refractivity contribution < 1.29 is 15.3 Å². The molecule has 0 amide bonds. The van der Waals surface area contributed by atoms with Crippen LogP contribution in [0, 0.1) is 0 Å². The van der Waals surface area contributed by atoms with Crippen molar-refractivity contribution in [3.8, 4) is 11.4 Å². The molecule has 1 atom stereocenters. The predicted octanol–water partition coefficient (Wildman–Crippen LogP) is -0.417. The third kappa shape index (κ3) is 3.59. The molecule has 2 aromatic rings. The van der Waals surface area contributed by atoms with Gasteiger partial charge in [0.05, 0.1) is 19.6 Å². The second-order valence-electron chi connectivity index (χ2n) is 4.28. The van der Waals surface area contributed by atoms with Gasteiger partial charge in [0.2, 0.25) is 5.82 Å². The summed E-state index contributed by atoms with van der Waals surface area (Å²) in [5, 5.41) is 13.7. The van der Waals surface area contributed by atoms with Crippen molar-refractivity contribution in [2.24, 2.45) is 0 Å². The summed E-state index contributed by atoms with van der Waals surface area (Å²) in [5.74, 6) is 0.329. The molecule has 19 heavy (non-hydrogen) atoms. The fourth-order valence-electron chi connectivity index (χ4n) is 1.80. The number of H-pyrrole nitrogens is 1. The molecule has 0 aliphatic heterocycles. The Kier molecular flexibility index (Phi) is 4.19. The van der Waals surface area contributed by atoms with E-state index < -0.39 is 0 Å². The van der Waals surface area contributed by atoms with Crippen LogP contribution in [0.15, 0.2) is 24.3 Å². The summed E-state index contributed by atoms with van der Waals surface area (Å²) in [6, 6.07) is 7.79. The molecule has 0 unspecified atom stereocenters. The molecule has 1 aromatic carbocycles. The van der Waals surface area contributed by atoms with Gasteiger partial charge in [0.25, 0.3) is 0 Å². The first-order valence-electron chi connectivity index (χ1n) is 5.91. The normalized spacial score (nSPS) is 12.1. The van der Waals surface area contributed by atoms with Gasteiger partial charge >= 0.3 is 5.97 Å². The average Bonchev–Trinajstić information content (AvgIpc) is 2.93. The number of esters is 1. The fraction of sp³-hybridized carbons (Fsp3) is 0.333. The van der Waals surface area contributed by atoms with Crippen LogP contribution in [0.1, 0.15) is 12.0 Å². The van der Waals surface area contributed by atoms with E-state index in [1.165, 1.54) is 7.11 Å². The highest BCUT2D eigenvalue weighted by Gasteiger charge is 2.13. The number of carbonyl (C=O) groups excluding carboxylic acids is 1. The lowest BCUT2D eigenvalue weighted by molar-refractivity contribution is -0.418. The van der Waals surface area contributed by atoms with E-state index in [-0.39, 0.29) is 12.0 Å². The number of quaternary nitrogens is 1. The van der Waals surface area contributed by atoms with E-state index >= 15 is 0 Å². The van der Waals surface area contributed by atoms with Gasteiger partial charge in [-0.15, -0.1) is 10.2 Å². The lowest BCUT2D eigenvalue weighted by Gasteiger charge is -2.07. The fourth-order valence-corrected chi connectivity index (χ4v) is 1.80. The molecule has 4 N–H and O–H groups in total. The van der Waals surface area contributed by atoms with Crippen molar-refractivity contribution in [3.05, 3.63) is 29.8 Å². The number of aromatic nitrogens is 4. The number of nitrogens with one attached hydrogen (secondary N) is 1. The number of nitrogens with zero attached hydrogens (tertiary/aromatic N) is 3. The number of aromatic amines is 1. The van der Waals surface area contributed by atoms with Gasteiger partial charge in [-0.3, -0.25) is 4.79 Å². The number of tetrazole rings is 1. The first-order valence-corrected chi connectivity index (χ1v) is 5.91. The van der Waals surface area contributed by atoms with Crippen molar-refractivity contribution in [3.63, 3.8) is 0 Å². The largest absolute Gasteiger partial charge is 0.469 e. The lowest BCUT2D eigenvalue weighted by atomic mass is 10.0. The molecular formula is C12H16N5O2+. The van der Waals surface area contributed by atoms with E-state index in [0.717, 1.165) is 17.5 Å². The summed E-state index contributed by atoms with van der Waals surface area (Å²) in [7, 11) is 1.38. The van der Waals surface area contributed by atoms with E-state index in [2.05, 4.69) is 31.1 Å². The summed E-state index contributed by atoms with van der Waals surface area (Å²) in [6.07, 6.45) is 1.05. The minimum absolute atomic E-state index is 0.00322. The molecule has 100 valence electrons. The Morgan fingerprint density at radius 2 is 2.16 bits per heavy atom. The number of hydrogen-bond donors (Lipinski definition) is 2. The van der Waals surface area contributed by atoms with Crippen LogP contribution in [0.2, 0.25) is 0 Å². The van der Waals surface area contributed by atoms with E-state index in [1.807, 2.05) is 24.3 Å². The van der Waals surface area contributed by atoms with Crippen LogP contribution in [-0.4, -0.2) is 39.7 Å². The Balaban J connectivity index is 1.97. The van der Waals surface area contributed by atoms with Gasteiger partial charge in [0.15, 0.2) is 0 Å². The Hall–Kier alpha value is -2.28. The molecule has 7 nitrogen and oxygen atoms in total. The summed E-state index contributed by atoms with van der Waals surface area (Å²) < 4.78 is 4.62. The Morgan fingerprint density at radius 3 is 2.74 bits per heavy atom. The maximum absolute atomic E-state index is 11.1. The molecule has 0 bridgehead atoms. The van der Waals surface area contributed by atoms with Gasteiger partial charge in [0, 0.05) is 12.0 Å². The minimum atomic E-state index is -0.233. The summed E-state index contributed by atoms with van der Waals surface area (Å²) >= 11 is 0. The SMILES string of the molecule is COC(=O)C[C@@H]([NH3+])Cc1ccc(-c2nn[nH]n2)cc1. The predicted molar refractivity (Wildman–Crippen MR) is 66.6 cm³/mol. The first kappa shape index (κ1) is 13.2. The van der Waals surface area contributed by atoms with E-state index in [9.17, 15) is 4.79 Å². The van der Waals surface area contributed by atoms with Crippen LogP contribution in [0.3, 0.4) is 0 Å². The average molecular weight is 262 g/mol. The number of benzene rings is 1. The second-order valence-corrected chi connectivity index (χ2v) is 4.28. The maximum Gasteiger partial charge on any atom is 0.311 e. The molecular weight excluding hydrogens is 246 g/mol. The highest BCUT2D eigenvalue weighted by atomic mass is 16.5. The van der Waals surface area contributed by atoms with Gasteiger partial charge in [0.1, 0.15) is 0 Å². The third-order valence-corrected chi connectivity index (χ3v) is 2.76. The molecule has 7 heteroatoms. The third-order valence-electron chi connectivity index (χ3n) is 2.76. The molecule has 1 aromatic heterocycles. The van der Waals surface area contributed by atoms with Crippen molar-refractivity contribution in [1.29, 1.82) is 0 Å². The van der Waals surface area contributed by atoms with Gasteiger partial charge in [-0.2, -0.15) is 5.21 Å². The molecule has 0 aliphatic rings. The smallest absolute Gasteiger partial charge is 0.311 e. The second kappa shape index (κ2) is 6.05. The molecule has 0 spiro atoms. The summed E-state index contributed by atoms with van der Waals surface area (Å²) in [6.45, 7) is 0. The quantitative estimate of drug-likeness (QED) is 0.711. The molecule has 0 saturated carbocycles. The number of methoxy groups -OCH3 is 1. The number of rotatable bonds is 5.